The molecule has 10 nitrogen and oxygen atoms in total. The number of ether oxygens (including phenoxy) is 2. The van der Waals surface area contributed by atoms with Gasteiger partial charge in [0.05, 0.1) is 18.2 Å². The number of aldehydes is 1. The highest BCUT2D eigenvalue weighted by atomic mass is 16.5. The van der Waals surface area contributed by atoms with Crippen molar-refractivity contribution in [2.24, 2.45) is 17.8 Å². The van der Waals surface area contributed by atoms with Gasteiger partial charge in [-0.1, -0.05) is 32.9 Å². The zero-order valence-corrected chi connectivity index (χ0v) is 29.2. The fourth-order valence-corrected chi connectivity index (χ4v) is 7.75. The largest absolute Gasteiger partial charge is 0.468 e. The Hall–Kier alpha value is -5.12. The molecule has 0 aromatic carbocycles. The summed E-state index contributed by atoms with van der Waals surface area (Å²) in [6.45, 7) is 12.2. The second-order valence-electron chi connectivity index (χ2n) is 13.0. The van der Waals surface area contributed by atoms with E-state index in [2.05, 4.69) is 47.1 Å². The Labute approximate surface area is 285 Å². The molecular formula is C39H44N4O6. The van der Waals surface area contributed by atoms with E-state index < -0.39 is 11.9 Å². The van der Waals surface area contributed by atoms with Gasteiger partial charge in [0.15, 0.2) is 12.1 Å². The minimum atomic E-state index is -1.17. The molecule has 256 valence electrons. The number of methoxy groups -OCH3 is 1. The summed E-state index contributed by atoms with van der Waals surface area (Å²) in [7, 11) is 1.29. The number of ketones is 1. The van der Waals surface area contributed by atoms with Crippen LogP contribution in [0.4, 0.5) is 0 Å². The minimum absolute atomic E-state index is 0.0967. The Morgan fingerprint density at radius 3 is 2.33 bits per heavy atom. The van der Waals surface area contributed by atoms with Crippen LogP contribution in [0.15, 0.2) is 23.5 Å². The number of H-pyrrole nitrogens is 3. The first-order chi connectivity index (χ1) is 23.6. The van der Waals surface area contributed by atoms with Gasteiger partial charge in [-0.05, 0) is 80.5 Å². The number of allylic oxidation sites excluding steroid dienone is 3. The second-order valence-corrected chi connectivity index (χ2v) is 13.0. The van der Waals surface area contributed by atoms with Gasteiger partial charge >= 0.3 is 11.9 Å². The number of aromatic amines is 3. The van der Waals surface area contributed by atoms with Gasteiger partial charge in [-0.3, -0.25) is 19.2 Å². The predicted octanol–water partition coefficient (Wildman–Crippen LogP) is 4.69. The van der Waals surface area contributed by atoms with Crippen LogP contribution in [0.5, 0.6) is 0 Å². The van der Waals surface area contributed by atoms with E-state index in [4.69, 9.17) is 9.47 Å². The van der Waals surface area contributed by atoms with Crippen molar-refractivity contribution in [1.29, 1.82) is 0 Å². The van der Waals surface area contributed by atoms with Gasteiger partial charge in [0.2, 0.25) is 0 Å². The maximum absolute atomic E-state index is 14.2. The third-order valence-electron chi connectivity index (χ3n) is 10.4. The van der Waals surface area contributed by atoms with E-state index in [1.165, 1.54) is 7.11 Å². The Kier molecular flexibility index (Phi) is 9.24. The van der Waals surface area contributed by atoms with Crippen molar-refractivity contribution >= 4 is 47.8 Å². The zero-order valence-electron chi connectivity index (χ0n) is 29.2. The molecule has 3 aliphatic rings. The molecule has 0 radical (unpaired) electrons. The highest BCUT2D eigenvalue weighted by molar-refractivity contribution is 6.24. The van der Waals surface area contributed by atoms with E-state index in [-0.39, 0.29) is 36.6 Å². The topological polar surface area (TPSA) is 146 Å². The van der Waals surface area contributed by atoms with E-state index in [9.17, 15) is 19.2 Å². The van der Waals surface area contributed by atoms with Crippen LogP contribution in [0.2, 0.25) is 0 Å². The van der Waals surface area contributed by atoms with Gasteiger partial charge in [-0.25, -0.2) is 0 Å². The van der Waals surface area contributed by atoms with Crippen LogP contribution in [0.25, 0.3) is 23.8 Å². The summed E-state index contributed by atoms with van der Waals surface area (Å²) in [6, 6.07) is 0. The lowest BCUT2D eigenvalue weighted by Gasteiger charge is -2.19. The number of hydrogen-bond donors (Lipinski definition) is 4. The number of carbonyl (C=O) groups excluding carboxylic acids is 4. The summed E-state index contributed by atoms with van der Waals surface area (Å²) in [5.74, 6) is -2.78. The number of fused-ring (bicyclic) bond motifs is 7. The van der Waals surface area contributed by atoms with E-state index in [0.29, 0.717) is 57.5 Å². The van der Waals surface area contributed by atoms with Crippen LogP contribution in [0, 0.1) is 31.6 Å². The predicted molar refractivity (Wildman–Crippen MR) is 188 cm³/mol. The smallest absolute Gasteiger partial charge is 0.321 e. The molecule has 4 N–H and O–H groups in total. The van der Waals surface area contributed by atoms with Crippen molar-refractivity contribution in [2.75, 3.05) is 13.7 Å². The molecule has 3 atom stereocenters. The molecule has 2 aliphatic heterocycles. The lowest BCUT2D eigenvalue weighted by molar-refractivity contribution is -0.143. The maximum atomic E-state index is 14.2. The zero-order chi connectivity index (χ0) is 35.1. The van der Waals surface area contributed by atoms with Crippen molar-refractivity contribution in [3.63, 3.8) is 0 Å². The summed E-state index contributed by atoms with van der Waals surface area (Å²) in [5, 5.41) is 5.11. The molecule has 49 heavy (non-hydrogen) atoms. The standard InChI is InChI=1S/C39H44N4O6/c1-8-11-14-49-32(45)13-12-24-20(5)27-15-26-19(4)22(9-2)29(40-26)17-31-25(18-44)23(10-3)30(41-31)16-28-21(6)33-37(43-28)34(36(24)42-27)35(38(33)46)39(47)48-7/h8,11,15-18,20,24,35,40-43H,9-10,12-14H2,1-7H3/b11-8-,27-15-,30-16-,31-17-,36-34-/t20-,24+,35-/m1/s1. The summed E-state index contributed by atoms with van der Waals surface area (Å²) in [6.07, 6.45) is 12.5. The van der Waals surface area contributed by atoms with Gasteiger partial charge < -0.3 is 29.7 Å². The fourth-order valence-electron chi connectivity index (χ4n) is 7.75. The Morgan fingerprint density at radius 1 is 0.939 bits per heavy atom. The van der Waals surface area contributed by atoms with Gasteiger partial charge in [0, 0.05) is 68.8 Å². The first-order valence-corrected chi connectivity index (χ1v) is 17.0. The highest BCUT2D eigenvalue weighted by Gasteiger charge is 2.48. The summed E-state index contributed by atoms with van der Waals surface area (Å²) >= 11 is 0. The van der Waals surface area contributed by atoms with Crippen LogP contribution >= 0.6 is 0 Å². The average molecular weight is 665 g/mol. The van der Waals surface area contributed by atoms with Crippen molar-refractivity contribution in [1.82, 2.24) is 20.3 Å². The molecule has 1 fully saturated rings. The van der Waals surface area contributed by atoms with Crippen molar-refractivity contribution in [2.45, 2.75) is 67.2 Å². The van der Waals surface area contributed by atoms with E-state index in [0.717, 1.165) is 51.8 Å². The molecule has 1 aliphatic carbocycles. The van der Waals surface area contributed by atoms with Gasteiger partial charge in [-0.15, -0.1) is 0 Å². The lowest BCUT2D eigenvalue weighted by Crippen LogP contribution is -2.25. The third kappa shape index (κ3) is 5.62. The quantitative estimate of drug-likeness (QED) is 0.112. The molecule has 5 heterocycles. The monoisotopic (exact) mass is 664 g/mol. The van der Waals surface area contributed by atoms with Gasteiger partial charge in [0.1, 0.15) is 12.5 Å². The van der Waals surface area contributed by atoms with Crippen LogP contribution in [0.1, 0.15) is 106 Å². The number of aromatic nitrogens is 3. The van der Waals surface area contributed by atoms with Crippen LogP contribution in [-0.4, -0.2) is 52.7 Å². The number of rotatable bonds is 9. The van der Waals surface area contributed by atoms with Crippen LogP contribution in [0.3, 0.4) is 0 Å². The SMILES string of the molecule is C/C=C\COC(=O)CC[C@@H]1/C2=C3/c4[nH]c(c(C)c4C(=O)[C@@H]3C(=O)OC)/C=c3\[nH]/c(c(C=O)c3CC)=C\c3[nH]c(c(C)c3CC)/C=C(\N2)[C@@H]1C. The third-order valence-corrected chi connectivity index (χ3v) is 10.4. The normalized spacial score (nSPS) is 23.4. The maximum Gasteiger partial charge on any atom is 0.321 e. The number of Topliss-reactive ketones (excluding diaryl/α,β-unsaturated/α-hetero) is 1. The molecule has 3 aromatic heterocycles. The minimum Gasteiger partial charge on any atom is -0.468 e. The molecule has 0 amide bonds. The molecule has 8 bridgehead atoms. The second kappa shape index (κ2) is 13.4. The molecule has 0 spiro atoms. The highest BCUT2D eigenvalue weighted by Crippen LogP contribution is 2.48. The molecule has 0 unspecified atom stereocenters. The Morgan fingerprint density at radius 2 is 1.65 bits per heavy atom. The number of carbonyl (C=O) groups is 4. The van der Waals surface area contributed by atoms with E-state index >= 15 is 0 Å². The molecular weight excluding hydrogens is 620 g/mol. The average Bonchev–Trinajstić information content (AvgIpc) is 3.84. The number of hydrogen-bond acceptors (Lipinski definition) is 7. The van der Waals surface area contributed by atoms with E-state index in [1.807, 2.05) is 39.0 Å². The van der Waals surface area contributed by atoms with Crippen molar-refractivity contribution < 1.29 is 28.7 Å². The molecule has 10 heteroatoms. The molecule has 3 aromatic rings. The van der Waals surface area contributed by atoms with Gasteiger partial charge in [-0.2, -0.15) is 0 Å². The Bertz CT molecular complexity index is 2100. The first-order valence-electron chi connectivity index (χ1n) is 17.0. The lowest BCUT2D eigenvalue weighted by atomic mass is 9.85. The van der Waals surface area contributed by atoms with Crippen molar-refractivity contribution in [3.8, 4) is 0 Å². The van der Waals surface area contributed by atoms with Crippen LogP contribution < -0.4 is 16.0 Å². The molecule has 0 saturated carbocycles. The summed E-state index contributed by atoms with van der Waals surface area (Å²) in [5.41, 5.74) is 10.1. The van der Waals surface area contributed by atoms with Crippen molar-refractivity contribution in [3.05, 3.63) is 90.4 Å². The van der Waals surface area contributed by atoms with Gasteiger partial charge in [0.25, 0.3) is 0 Å². The first kappa shape index (κ1) is 33.8. The molecule has 6 rings (SSSR count). The number of nitrogens with one attached hydrogen (secondary N) is 4. The number of esters is 2. The van der Waals surface area contributed by atoms with E-state index in [1.54, 1.807) is 6.08 Å². The van der Waals surface area contributed by atoms with Crippen LogP contribution in [-0.2, 0) is 31.9 Å². The Balaban J connectivity index is 1.65. The summed E-state index contributed by atoms with van der Waals surface area (Å²) < 4.78 is 10.6. The summed E-state index contributed by atoms with van der Waals surface area (Å²) in [4.78, 5) is 63.5. The fraction of sp³-hybridized carbons (Fsp3) is 0.385. The molecule has 1 saturated heterocycles.